The molecule has 142 valence electrons. The van der Waals surface area contributed by atoms with E-state index in [4.69, 9.17) is 20.5 Å². The number of oxazole rings is 1. The van der Waals surface area contributed by atoms with E-state index >= 15 is 0 Å². The highest BCUT2D eigenvalue weighted by molar-refractivity contribution is 6.33. The third-order valence-electron chi connectivity index (χ3n) is 4.69. The summed E-state index contributed by atoms with van der Waals surface area (Å²) in [7, 11) is 0. The van der Waals surface area contributed by atoms with Gasteiger partial charge in [0.05, 0.1) is 24.3 Å². The van der Waals surface area contributed by atoms with Gasteiger partial charge in [-0.15, -0.1) is 0 Å². The number of piperazine rings is 1. The van der Waals surface area contributed by atoms with Gasteiger partial charge in [0.2, 0.25) is 11.8 Å². The van der Waals surface area contributed by atoms with Crippen LogP contribution in [0.15, 0.2) is 39.4 Å². The van der Waals surface area contributed by atoms with Crippen molar-refractivity contribution in [2.24, 2.45) is 0 Å². The lowest BCUT2D eigenvalue weighted by molar-refractivity contribution is 0.112. The van der Waals surface area contributed by atoms with Crippen LogP contribution in [0.25, 0.3) is 11.3 Å². The topological polar surface area (TPSA) is 71.4 Å². The maximum Gasteiger partial charge on any atom is 0.226 e. The highest BCUT2D eigenvalue weighted by Gasteiger charge is 2.20. The van der Waals surface area contributed by atoms with Gasteiger partial charge < -0.3 is 8.94 Å². The van der Waals surface area contributed by atoms with Crippen molar-refractivity contribution in [2.45, 2.75) is 26.4 Å². The predicted octanol–water partition coefficient (Wildman–Crippen LogP) is 3.26. The van der Waals surface area contributed by atoms with Crippen molar-refractivity contribution in [1.29, 1.82) is 0 Å². The molecule has 0 spiro atoms. The van der Waals surface area contributed by atoms with Gasteiger partial charge in [0.15, 0.2) is 11.6 Å². The molecule has 1 aliphatic rings. The summed E-state index contributed by atoms with van der Waals surface area (Å²) < 4.78 is 11.1. The summed E-state index contributed by atoms with van der Waals surface area (Å²) in [4.78, 5) is 13.5. The fourth-order valence-electron chi connectivity index (χ4n) is 3.16. The Hall–Kier alpha value is -2.22. The van der Waals surface area contributed by atoms with Crippen molar-refractivity contribution in [2.75, 3.05) is 26.2 Å². The minimum atomic E-state index is 0.668. The normalized spacial score (nSPS) is 16.1. The Morgan fingerprint density at radius 1 is 1.04 bits per heavy atom. The molecule has 0 bridgehead atoms. The molecule has 1 aromatic carbocycles. The molecular weight excluding hydrogens is 366 g/mol. The van der Waals surface area contributed by atoms with Crippen LogP contribution < -0.4 is 0 Å². The van der Waals surface area contributed by atoms with Crippen LogP contribution in [-0.4, -0.2) is 51.1 Å². The van der Waals surface area contributed by atoms with Crippen LogP contribution in [0.2, 0.25) is 5.02 Å². The molecule has 0 saturated carbocycles. The van der Waals surface area contributed by atoms with E-state index in [0.29, 0.717) is 29.1 Å². The number of hydrogen-bond donors (Lipinski definition) is 0. The molecule has 8 heteroatoms. The molecule has 1 fully saturated rings. The molecule has 1 aliphatic heterocycles. The number of hydrogen-bond acceptors (Lipinski definition) is 7. The van der Waals surface area contributed by atoms with E-state index < -0.39 is 0 Å². The van der Waals surface area contributed by atoms with Gasteiger partial charge in [-0.2, -0.15) is 4.98 Å². The van der Waals surface area contributed by atoms with Crippen molar-refractivity contribution >= 4 is 11.6 Å². The quantitative estimate of drug-likeness (QED) is 0.642. The summed E-state index contributed by atoms with van der Waals surface area (Å²) >= 11 is 6.23. The van der Waals surface area contributed by atoms with Gasteiger partial charge in [0.1, 0.15) is 0 Å². The molecule has 0 amide bonds. The molecule has 0 radical (unpaired) electrons. The van der Waals surface area contributed by atoms with Crippen LogP contribution in [0, 0.1) is 0 Å². The first-order chi connectivity index (χ1) is 13.2. The maximum absolute atomic E-state index is 6.23. The van der Waals surface area contributed by atoms with Gasteiger partial charge in [-0.25, -0.2) is 4.98 Å². The van der Waals surface area contributed by atoms with Crippen LogP contribution in [0.3, 0.4) is 0 Å². The summed E-state index contributed by atoms with van der Waals surface area (Å²) in [5.74, 6) is 2.88. The second-order valence-corrected chi connectivity index (χ2v) is 7.02. The van der Waals surface area contributed by atoms with Crippen LogP contribution in [0.5, 0.6) is 0 Å². The molecule has 2 aromatic heterocycles. The van der Waals surface area contributed by atoms with Crippen molar-refractivity contribution in [1.82, 2.24) is 24.9 Å². The van der Waals surface area contributed by atoms with Crippen molar-refractivity contribution in [3.05, 3.63) is 53.1 Å². The standard InChI is InChI=1S/C19H22ClN5O2/c1-2-18-22-17(23-27-18)12-24-7-9-25(10-8-24)13-19-21-11-16(26-19)14-5-3-4-6-15(14)20/h3-6,11H,2,7-10,12-13H2,1H3. The second kappa shape index (κ2) is 8.21. The zero-order valence-corrected chi connectivity index (χ0v) is 16.0. The first-order valence-electron chi connectivity index (χ1n) is 9.17. The number of nitrogens with zero attached hydrogens (tertiary/aromatic N) is 5. The molecule has 0 unspecified atom stereocenters. The Kier molecular flexibility index (Phi) is 5.52. The summed E-state index contributed by atoms with van der Waals surface area (Å²) in [6, 6.07) is 7.63. The van der Waals surface area contributed by atoms with Gasteiger partial charge >= 0.3 is 0 Å². The summed E-state index contributed by atoms with van der Waals surface area (Å²) in [6.07, 6.45) is 2.52. The van der Waals surface area contributed by atoms with Crippen LogP contribution in [0.4, 0.5) is 0 Å². The number of rotatable bonds is 6. The Bertz CT molecular complexity index is 886. The van der Waals surface area contributed by atoms with Gasteiger partial charge in [-0.1, -0.05) is 35.8 Å². The Morgan fingerprint density at radius 3 is 2.48 bits per heavy atom. The lowest BCUT2D eigenvalue weighted by atomic mass is 10.2. The molecule has 3 heterocycles. The molecule has 0 N–H and O–H groups in total. The van der Waals surface area contributed by atoms with E-state index in [1.165, 1.54) is 0 Å². The first kappa shape index (κ1) is 18.2. The van der Waals surface area contributed by atoms with E-state index in [1.807, 2.05) is 31.2 Å². The van der Waals surface area contributed by atoms with Crippen molar-refractivity contribution in [3.63, 3.8) is 0 Å². The van der Waals surface area contributed by atoms with E-state index in [2.05, 4.69) is 24.9 Å². The van der Waals surface area contributed by atoms with E-state index in [-0.39, 0.29) is 0 Å². The minimum Gasteiger partial charge on any atom is -0.439 e. The van der Waals surface area contributed by atoms with Crippen LogP contribution >= 0.6 is 11.6 Å². The summed E-state index contributed by atoms with van der Waals surface area (Å²) in [6.45, 7) is 7.23. The van der Waals surface area contributed by atoms with Gasteiger partial charge in [-0.05, 0) is 12.1 Å². The lowest BCUT2D eigenvalue weighted by Gasteiger charge is -2.33. The van der Waals surface area contributed by atoms with E-state index in [1.54, 1.807) is 6.20 Å². The molecule has 1 saturated heterocycles. The SMILES string of the molecule is CCc1nc(CN2CCN(Cc3ncc(-c4ccccc4Cl)o3)CC2)no1. The zero-order chi connectivity index (χ0) is 18.6. The predicted molar refractivity (Wildman–Crippen MR) is 101 cm³/mol. The number of benzene rings is 1. The van der Waals surface area contributed by atoms with Gasteiger partial charge in [-0.3, -0.25) is 9.80 Å². The van der Waals surface area contributed by atoms with E-state index in [9.17, 15) is 0 Å². The lowest BCUT2D eigenvalue weighted by Crippen LogP contribution is -2.45. The summed E-state index contributed by atoms with van der Waals surface area (Å²) in [5, 5.41) is 4.70. The average Bonchev–Trinajstić information content (AvgIpc) is 3.33. The molecule has 0 atom stereocenters. The molecular formula is C19H22ClN5O2. The van der Waals surface area contributed by atoms with Crippen LogP contribution in [0.1, 0.15) is 24.5 Å². The van der Waals surface area contributed by atoms with Gasteiger partial charge in [0.25, 0.3) is 0 Å². The average molecular weight is 388 g/mol. The molecule has 4 rings (SSSR count). The van der Waals surface area contributed by atoms with Crippen LogP contribution in [-0.2, 0) is 19.5 Å². The fourth-order valence-corrected chi connectivity index (χ4v) is 3.39. The molecule has 0 aliphatic carbocycles. The Labute approximate surface area is 162 Å². The summed E-state index contributed by atoms with van der Waals surface area (Å²) in [5.41, 5.74) is 0.870. The molecule has 3 aromatic rings. The fraction of sp³-hybridized carbons (Fsp3) is 0.421. The molecule has 7 nitrogen and oxygen atoms in total. The maximum atomic E-state index is 6.23. The third kappa shape index (κ3) is 4.37. The van der Waals surface area contributed by atoms with E-state index in [0.717, 1.165) is 50.5 Å². The number of aryl methyl sites for hydroxylation is 1. The van der Waals surface area contributed by atoms with Crippen molar-refractivity contribution < 1.29 is 8.94 Å². The minimum absolute atomic E-state index is 0.668. The molecule has 27 heavy (non-hydrogen) atoms. The Morgan fingerprint density at radius 2 is 1.78 bits per heavy atom. The highest BCUT2D eigenvalue weighted by atomic mass is 35.5. The third-order valence-corrected chi connectivity index (χ3v) is 5.02. The Balaban J connectivity index is 1.30. The smallest absolute Gasteiger partial charge is 0.226 e. The largest absolute Gasteiger partial charge is 0.439 e. The highest BCUT2D eigenvalue weighted by Crippen LogP contribution is 2.28. The zero-order valence-electron chi connectivity index (χ0n) is 15.3. The second-order valence-electron chi connectivity index (χ2n) is 6.61. The van der Waals surface area contributed by atoms with Gasteiger partial charge in [0, 0.05) is 38.2 Å². The monoisotopic (exact) mass is 387 g/mol. The first-order valence-corrected chi connectivity index (χ1v) is 9.55. The number of halogens is 1. The number of aromatic nitrogens is 3. The van der Waals surface area contributed by atoms with Crippen molar-refractivity contribution in [3.8, 4) is 11.3 Å².